The van der Waals surface area contributed by atoms with E-state index in [2.05, 4.69) is 0 Å². The molecule has 2 aromatic heterocycles. The lowest BCUT2D eigenvalue weighted by atomic mass is 10.1. The predicted molar refractivity (Wildman–Crippen MR) is 104 cm³/mol. The summed E-state index contributed by atoms with van der Waals surface area (Å²) in [5.41, 5.74) is 3.90. The smallest absolute Gasteiger partial charge is 0.326 e. The van der Waals surface area contributed by atoms with Crippen LogP contribution < -0.4 is 4.87 Å². The number of hydrogen-bond donors (Lipinski definition) is 0. The molecule has 0 radical (unpaired) electrons. The summed E-state index contributed by atoms with van der Waals surface area (Å²) in [4.78, 5) is 36.0. The molecule has 27 heavy (non-hydrogen) atoms. The number of ketones is 1. The van der Waals surface area contributed by atoms with Crippen LogP contribution in [0.25, 0.3) is 5.69 Å². The Hall–Kier alpha value is -2.93. The van der Waals surface area contributed by atoms with Crippen LogP contribution in [-0.2, 0) is 16.1 Å². The monoisotopic (exact) mass is 384 g/mol. The molecule has 0 N–H and O–H groups in total. The second kappa shape index (κ2) is 7.75. The minimum atomic E-state index is -0.608. The van der Waals surface area contributed by atoms with E-state index in [0.717, 1.165) is 28.4 Å². The molecule has 7 heteroatoms. The van der Waals surface area contributed by atoms with Crippen molar-refractivity contribution in [2.45, 2.75) is 27.3 Å². The van der Waals surface area contributed by atoms with Crippen molar-refractivity contribution >= 4 is 23.1 Å². The summed E-state index contributed by atoms with van der Waals surface area (Å²) in [6.45, 7) is 4.99. The molecule has 0 aliphatic rings. The molecule has 0 unspecified atom stereocenters. The number of aromatic nitrogens is 2. The van der Waals surface area contributed by atoms with Gasteiger partial charge in [0.05, 0.1) is 0 Å². The van der Waals surface area contributed by atoms with Gasteiger partial charge in [-0.05, 0) is 39.0 Å². The first-order chi connectivity index (χ1) is 12.9. The molecule has 0 saturated heterocycles. The number of Topliss-reactive ketones (excluding diaryl/α,β-unsaturated/α-hetero) is 1. The number of carbonyl (C=O) groups excluding carboxylic acids is 2. The van der Waals surface area contributed by atoms with Crippen LogP contribution in [0.5, 0.6) is 0 Å². The number of rotatable bonds is 6. The van der Waals surface area contributed by atoms with E-state index >= 15 is 0 Å². The van der Waals surface area contributed by atoms with Crippen molar-refractivity contribution in [3.8, 4) is 5.69 Å². The van der Waals surface area contributed by atoms with E-state index < -0.39 is 5.97 Å². The largest absolute Gasteiger partial charge is 0.456 e. The first-order valence-corrected chi connectivity index (χ1v) is 9.34. The fourth-order valence-corrected chi connectivity index (χ4v) is 3.75. The van der Waals surface area contributed by atoms with Gasteiger partial charge in [-0.3, -0.25) is 19.0 Å². The Labute approximate surface area is 160 Å². The van der Waals surface area contributed by atoms with E-state index in [0.29, 0.717) is 11.3 Å². The van der Waals surface area contributed by atoms with E-state index in [1.807, 2.05) is 48.7 Å². The maximum Gasteiger partial charge on any atom is 0.326 e. The van der Waals surface area contributed by atoms with Gasteiger partial charge in [-0.1, -0.05) is 29.5 Å². The Morgan fingerprint density at radius 2 is 1.78 bits per heavy atom. The van der Waals surface area contributed by atoms with Gasteiger partial charge in [0.2, 0.25) is 5.78 Å². The van der Waals surface area contributed by atoms with Crippen molar-refractivity contribution in [1.29, 1.82) is 0 Å². The van der Waals surface area contributed by atoms with Crippen LogP contribution in [0, 0.1) is 20.8 Å². The fourth-order valence-electron chi connectivity index (χ4n) is 3.01. The number of benzene rings is 1. The van der Waals surface area contributed by atoms with Crippen LogP contribution in [0.15, 0.2) is 46.6 Å². The third-order valence-corrected chi connectivity index (χ3v) is 5.25. The molecule has 1 aromatic carbocycles. The number of ether oxygens (including phenoxy) is 1. The topological polar surface area (TPSA) is 70.3 Å². The maximum absolute atomic E-state index is 12.5. The molecule has 0 aliphatic heterocycles. The molecule has 2 heterocycles. The van der Waals surface area contributed by atoms with Crippen molar-refractivity contribution in [3.63, 3.8) is 0 Å². The van der Waals surface area contributed by atoms with Gasteiger partial charge in [-0.15, -0.1) is 0 Å². The summed E-state index contributed by atoms with van der Waals surface area (Å²) in [7, 11) is 0. The number of hydrogen-bond acceptors (Lipinski definition) is 5. The lowest BCUT2D eigenvalue weighted by molar-refractivity contribution is -0.143. The summed E-state index contributed by atoms with van der Waals surface area (Å²) in [6, 6.07) is 11.5. The molecular weight excluding hydrogens is 364 g/mol. The molecule has 0 bridgehead atoms. The highest BCUT2D eigenvalue weighted by atomic mass is 32.1. The molecule has 3 aromatic rings. The molecule has 140 valence electrons. The van der Waals surface area contributed by atoms with E-state index in [4.69, 9.17) is 4.74 Å². The van der Waals surface area contributed by atoms with Gasteiger partial charge < -0.3 is 9.30 Å². The second-order valence-electron chi connectivity index (χ2n) is 6.27. The van der Waals surface area contributed by atoms with E-state index in [-0.39, 0.29) is 23.8 Å². The Morgan fingerprint density at radius 3 is 2.41 bits per heavy atom. The standard InChI is InChI=1S/C20H20N2O4S/c1-13-9-17(15(3)22(13)16-7-5-4-6-8-16)18(23)11-26-19(24)10-21-14(2)12-27-20(21)25/h4-9,12H,10-11H2,1-3H3. The van der Waals surface area contributed by atoms with Gasteiger partial charge in [-0.25, -0.2) is 0 Å². The number of para-hydroxylation sites is 1. The van der Waals surface area contributed by atoms with Crippen LogP contribution >= 0.6 is 11.3 Å². The molecule has 0 amide bonds. The highest BCUT2D eigenvalue weighted by Gasteiger charge is 2.18. The van der Waals surface area contributed by atoms with Crippen LogP contribution in [0.4, 0.5) is 0 Å². The number of esters is 1. The van der Waals surface area contributed by atoms with Crippen molar-refractivity contribution in [3.05, 3.63) is 74.1 Å². The first-order valence-electron chi connectivity index (χ1n) is 8.46. The lowest BCUT2D eigenvalue weighted by Crippen LogP contribution is -2.24. The summed E-state index contributed by atoms with van der Waals surface area (Å²) in [6.07, 6.45) is 0. The van der Waals surface area contributed by atoms with Gasteiger partial charge in [0.15, 0.2) is 6.61 Å². The quantitative estimate of drug-likeness (QED) is 0.484. The lowest BCUT2D eigenvalue weighted by Gasteiger charge is -2.10. The van der Waals surface area contributed by atoms with E-state index in [1.54, 1.807) is 18.4 Å². The summed E-state index contributed by atoms with van der Waals surface area (Å²) in [5.74, 6) is -0.878. The third-order valence-electron chi connectivity index (χ3n) is 4.37. The number of nitrogens with zero attached hydrogens (tertiary/aromatic N) is 2. The number of carbonyl (C=O) groups is 2. The maximum atomic E-state index is 12.5. The Balaban J connectivity index is 1.70. The minimum absolute atomic E-state index is 0.190. The zero-order chi connectivity index (χ0) is 19.6. The average molecular weight is 384 g/mol. The zero-order valence-corrected chi connectivity index (χ0v) is 16.2. The molecule has 0 atom stereocenters. The molecule has 0 fully saturated rings. The minimum Gasteiger partial charge on any atom is -0.456 e. The summed E-state index contributed by atoms with van der Waals surface area (Å²) < 4.78 is 8.42. The molecule has 0 aliphatic carbocycles. The van der Waals surface area contributed by atoms with Crippen molar-refractivity contribution in [2.75, 3.05) is 6.61 Å². The highest BCUT2D eigenvalue weighted by molar-refractivity contribution is 7.07. The molecule has 0 saturated carbocycles. The number of thiazole rings is 1. The normalized spacial score (nSPS) is 10.8. The highest BCUT2D eigenvalue weighted by Crippen LogP contribution is 2.21. The van der Waals surface area contributed by atoms with Crippen molar-refractivity contribution in [2.24, 2.45) is 0 Å². The third kappa shape index (κ3) is 3.93. The average Bonchev–Trinajstić information content (AvgIpc) is 3.13. The van der Waals surface area contributed by atoms with E-state index in [1.165, 1.54) is 4.57 Å². The van der Waals surface area contributed by atoms with Gasteiger partial charge in [0, 0.05) is 33.7 Å². The molecular formula is C20H20N2O4S. The molecule has 0 spiro atoms. The van der Waals surface area contributed by atoms with Gasteiger partial charge in [-0.2, -0.15) is 0 Å². The van der Waals surface area contributed by atoms with Crippen molar-refractivity contribution in [1.82, 2.24) is 9.13 Å². The summed E-state index contributed by atoms with van der Waals surface area (Å²) >= 11 is 1.03. The van der Waals surface area contributed by atoms with Crippen LogP contribution in [0.2, 0.25) is 0 Å². The Bertz CT molecular complexity index is 1040. The molecule has 6 nitrogen and oxygen atoms in total. The van der Waals surface area contributed by atoms with E-state index in [9.17, 15) is 14.4 Å². The van der Waals surface area contributed by atoms with Gasteiger partial charge in [0.1, 0.15) is 6.54 Å². The zero-order valence-electron chi connectivity index (χ0n) is 15.4. The van der Waals surface area contributed by atoms with Crippen LogP contribution in [-0.4, -0.2) is 27.5 Å². The first kappa shape index (κ1) is 18.8. The van der Waals surface area contributed by atoms with Gasteiger partial charge >= 0.3 is 10.8 Å². The second-order valence-corrected chi connectivity index (χ2v) is 7.09. The van der Waals surface area contributed by atoms with Crippen LogP contribution in [0.3, 0.4) is 0 Å². The summed E-state index contributed by atoms with van der Waals surface area (Å²) in [5, 5.41) is 1.68. The predicted octanol–water partition coefficient (Wildman–Crippen LogP) is 3.05. The van der Waals surface area contributed by atoms with Crippen LogP contribution in [0.1, 0.15) is 27.4 Å². The molecule has 3 rings (SSSR count). The Kier molecular flexibility index (Phi) is 5.41. The number of aryl methyl sites for hydroxylation is 2. The Morgan fingerprint density at radius 1 is 1.07 bits per heavy atom. The fraction of sp³-hybridized carbons (Fsp3) is 0.250. The van der Waals surface area contributed by atoms with Gasteiger partial charge in [0.25, 0.3) is 0 Å². The van der Waals surface area contributed by atoms with Crippen molar-refractivity contribution < 1.29 is 14.3 Å². The SMILES string of the molecule is Cc1cc(C(=O)COC(=O)Cn2c(C)csc2=O)c(C)n1-c1ccccc1.